The van der Waals surface area contributed by atoms with Crippen LogP contribution in [0.5, 0.6) is 5.75 Å². The molecule has 0 bridgehead atoms. The van der Waals surface area contributed by atoms with Crippen LogP contribution in [-0.4, -0.2) is 33.4 Å². The summed E-state index contributed by atoms with van der Waals surface area (Å²) < 4.78 is 15.0. The monoisotopic (exact) mass is 238 g/mol. The number of rotatable bonds is 7. The third kappa shape index (κ3) is 4.54. The van der Waals surface area contributed by atoms with Gasteiger partial charge in [-0.2, -0.15) is 0 Å². The molecule has 0 amide bonds. The maximum Gasteiger partial charge on any atom is 0.163 e. The van der Waals surface area contributed by atoms with Crippen LogP contribution in [0, 0.1) is 0 Å². The molecule has 0 aromatic heterocycles. The Morgan fingerprint density at radius 2 is 1.71 bits per heavy atom. The van der Waals surface area contributed by atoms with Crippen molar-refractivity contribution in [2.75, 3.05) is 21.3 Å². The zero-order chi connectivity index (χ0) is 12.7. The molecule has 1 aromatic carbocycles. The standard InChI is InChI=1S/C13H18O4/c1-15-12-6-4-10(5-7-12)8-11(14)9-13(16-2)17-3/h4-7,13H,8-9H2,1-3H3. The van der Waals surface area contributed by atoms with E-state index in [1.165, 1.54) is 14.2 Å². The fourth-order valence-corrected chi connectivity index (χ4v) is 1.49. The highest BCUT2D eigenvalue weighted by atomic mass is 16.7. The average Bonchev–Trinajstić information content (AvgIpc) is 2.37. The van der Waals surface area contributed by atoms with Gasteiger partial charge in [0.05, 0.1) is 13.5 Å². The molecule has 0 aliphatic rings. The minimum absolute atomic E-state index is 0.0869. The van der Waals surface area contributed by atoms with Gasteiger partial charge in [0.15, 0.2) is 6.29 Å². The number of hydrogen-bond acceptors (Lipinski definition) is 4. The minimum atomic E-state index is -0.458. The third-order valence-electron chi connectivity index (χ3n) is 2.48. The van der Waals surface area contributed by atoms with E-state index in [4.69, 9.17) is 14.2 Å². The number of ketones is 1. The molecule has 1 aromatic rings. The first-order valence-corrected chi connectivity index (χ1v) is 5.39. The molecule has 0 saturated heterocycles. The zero-order valence-corrected chi connectivity index (χ0v) is 10.4. The van der Waals surface area contributed by atoms with E-state index in [9.17, 15) is 4.79 Å². The van der Waals surface area contributed by atoms with Gasteiger partial charge in [-0.05, 0) is 17.7 Å². The Labute approximate surface area is 101 Å². The van der Waals surface area contributed by atoms with Crippen molar-refractivity contribution in [1.29, 1.82) is 0 Å². The molecule has 0 radical (unpaired) electrons. The molecule has 4 nitrogen and oxygen atoms in total. The molecule has 0 unspecified atom stereocenters. The van der Waals surface area contributed by atoms with Crippen molar-refractivity contribution in [2.45, 2.75) is 19.1 Å². The SMILES string of the molecule is COc1ccc(CC(=O)CC(OC)OC)cc1. The smallest absolute Gasteiger partial charge is 0.163 e. The van der Waals surface area contributed by atoms with Crippen molar-refractivity contribution in [3.05, 3.63) is 29.8 Å². The number of carbonyl (C=O) groups excluding carboxylic acids is 1. The van der Waals surface area contributed by atoms with Gasteiger partial charge < -0.3 is 14.2 Å². The lowest BCUT2D eigenvalue weighted by Crippen LogP contribution is -2.19. The summed E-state index contributed by atoms with van der Waals surface area (Å²) in [5, 5.41) is 0. The molecule has 94 valence electrons. The van der Waals surface area contributed by atoms with E-state index >= 15 is 0 Å². The van der Waals surface area contributed by atoms with Gasteiger partial charge in [-0.15, -0.1) is 0 Å². The molecule has 1 rings (SSSR count). The molecule has 0 aliphatic carbocycles. The van der Waals surface area contributed by atoms with E-state index in [1.54, 1.807) is 7.11 Å². The van der Waals surface area contributed by atoms with Crippen LogP contribution < -0.4 is 4.74 Å². The summed E-state index contributed by atoms with van der Waals surface area (Å²) in [6, 6.07) is 7.44. The molecular weight excluding hydrogens is 220 g/mol. The second-order valence-corrected chi connectivity index (χ2v) is 3.67. The average molecular weight is 238 g/mol. The second-order valence-electron chi connectivity index (χ2n) is 3.67. The summed E-state index contributed by atoms with van der Waals surface area (Å²) >= 11 is 0. The van der Waals surface area contributed by atoms with Gasteiger partial charge in [0.1, 0.15) is 11.5 Å². The highest BCUT2D eigenvalue weighted by Gasteiger charge is 2.12. The van der Waals surface area contributed by atoms with E-state index in [2.05, 4.69) is 0 Å². The molecule has 17 heavy (non-hydrogen) atoms. The number of Topliss-reactive ketones (excluding diaryl/α,β-unsaturated/α-hetero) is 1. The summed E-state index contributed by atoms with van der Waals surface area (Å²) in [5.74, 6) is 0.872. The third-order valence-corrected chi connectivity index (χ3v) is 2.48. The van der Waals surface area contributed by atoms with Crippen molar-refractivity contribution in [2.24, 2.45) is 0 Å². The predicted octanol–water partition coefficient (Wildman–Crippen LogP) is 1.82. The summed E-state index contributed by atoms with van der Waals surface area (Å²) in [6.07, 6.45) is 0.187. The van der Waals surface area contributed by atoms with E-state index in [0.717, 1.165) is 11.3 Å². The van der Waals surface area contributed by atoms with Gasteiger partial charge in [-0.3, -0.25) is 4.79 Å². The fourth-order valence-electron chi connectivity index (χ4n) is 1.49. The van der Waals surface area contributed by atoms with Crippen molar-refractivity contribution in [3.8, 4) is 5.75 Å². The second kappa shape index (κ2) is 7.04. The van der Waals surface area contributed by atoms with Crippen LogP contribution >= 0.6 is 0 Å². The number of methoxy groups -OCH3 is 3. The van der Waals surface area contributed by atoms with Crippen LogP contribution in [0.3, 0.4) is 0 Å². The highest BCUT2D eigenvalue weighted by molar-refractivity contribution is 5.81. The summed E-state index contributed by atoms with van der Waals surface area (Å²) in [6.45, 7) is 0. The van der Waals surface area contributed by atoms with Crippen molar-refractivity contribution < 1.29 is 19.0 Å². The number of benzene rings is 1. The molecule has 0 saturated carbocycles. The maximum absolute atomic E-state index is 11.7. The largest absolute Gasteiger partial charge is 0.497 e. The normalized spacial score (nSPS) is 10.6. The molecule has 0 heterocycles. The van der Waals surface area contributed by atoms with Crippen LogP contribution in [-0.2, 0) is 20.7 Å². The van der Waals surface area contributed by atoms with Crippen LogP contribution in [0.25, 0.3) is 0 Å². The summed E-state index contributed by atoms with van der Waals surface area (Å²) in [7, 11) is 4.66. The van der Waals surface area contributed by atoms with Gasteiger partial charge in [0, 0.05) is 20.6 Å². The van der Waals surface area contributed by atoms with Crippen molar-refractivity contribution >= 4 is 5.78 Å². The first kappa shape index (κ1) is 13.7. The predicted molar refractivity (Wildman–Crippen MR) is 64.1 cm³/mol. The Morgan fingerprint density at radius 3 is 2.18 bits per heavy atom. The number of ether oxygens (including phenoxy) is 3. The molecular formula is C13H18O4. The van der Waals surface area contributed by atoms with Crippen LogP contribution in [0.2, 0.25) is 0 Å². The van der Waals surface area contributed by atoms with E-state index in [-0.39, 0.29) is 12.2 Å². The Kier molecular flexibility index (Phi) is 5.66. The van der Waals surface area contributed by atoms with E-state index < -0.39 is 6.29 Å². The van der Waals surface area contributed by atoms with Gasteiger partial charge in [0.25, 0.3) is 0 Å². The molecule has 0 fully saturated rings. The number of hydrogen-bond donors (Lipinski definition) is 0. The molecule has 0 aliphatic heterocycles. The molecule has 4 heteroatoms. The van der Waals surface area contributed by atoms with Crippen LogP contribution in [0.1, 0.15) is 12.0 Å². The lowest BCUT2D eigenvalue weighted by Gasteiger charge is -2.12. The molecule has 0 spiro atoms. The summed E-state index contributed by atoms with van der Waals surface area (Å²) in [5.41, 5.74) is 0.960. The Morgan fingerprint density at radius 1 is 1.12 bits per heavy atom. The van der Waals surface area contributed by atoms with E-state index in [1.807, 2.05) is 24.3 Å². The quantitative estimate of drug-likeness (QED) is 0.680. The topological polar surface area (TPSA) is 44.8 Å². The lowest BCUT2D eigenvalue weighted by atomic mass is 10.1. The van der Waals surface area contributed by atoms with Crippen molar-refractivity contribution in [1.82, 2.24) is 0 Å². The molecule has 0 N–H and O–H groups in total. The van der Waals surface area contributed by atoms with Gasteiger partial charge in [-0.1, -0.05) is 12.1 Å². The van der Waals surface area contributed by atoms with E-state index in [0.29, 0.717) is 6.42 Å². The Bertz CT molecular complexity index is 341. The van der Waals surface area contributed by atoms with Gasteiger partial charge in [-0.25, -0.2) is 0 Å². The van der Waals surface area contributed by atoms with Gasteiger partial charge in [0.2, 0.25) is 0 Å². The van der Waals surface area contributed by atoms with Crippen molar-refractivity contribution in [3.63, 3.8) is 0 Å². The minimum Gasteiger partial charge on any atom is -0.497 e. The van der Waals surface area contributed by atoms with Gasteiger partial charge >= 0.3 is 0 Å². The molecule has 0 atom stereocenters. The highest BCUT2D eigenvalue weighted by Crippen LogP contribution is 2.13. The number of carbonyl (C=O) groups is 1. The Hall–Kier alpha value is -1.39. The lowest BCUT2D eigenvalue weighted by molar-refractivity contribution is -0.136. The fraction of sp³-hybridized carbons (Fsp3) is 0.462. The Balaban J connectivity index is 2.49. The first-order chi connectivity index (χ1) is 8.19. The first-order valence-electron chi connectivity index (χ1n) is 5.39. The zero-order valence-electron chi connectivity index (χ0n) is 10.4. The maximum atomic E-state index is 11.7. The van der Waals surface area contributed by atoms with Crippen LogP contribution in [0.4, 0.5) is 0 Å². The summed E-state index contributed by atoms with van der Waals surface area (Å²) in [4.78, 5) is 11.7. The van der Waals surface area contributed by atoms with Crippen LogP contribution in [0.15, 0.2) is 24.3 Å².